The molecule has 0 radical (unpaired) electrons. The average molecular weight is 412 g/mol. The highest BCUT2D eigenvalue weighted by Crippen LogP contribution is 2.39. The van der Waals surface area contributed by atoms with E-state index in [-0.39, 0.29) is 24.1 Å². The minimum Gasteiger partial charge on any atom is -0.441 e. The Bertz CT molecular complexity index is 982. The first-order chi connectivity index (χ1) is 14.5. The lowest BCUT2D eigenvalue weighted by Gasteiger charge is -2.41. The van der Waals surface area contributed by atoms with E-state index < -0.39 is 6.09 Å². The minimum absolute atomic E-state index is 0.0605. The van der Waals surface area contributed by atoms with Crippen LogP contribution in [0, 0.1) is 0 Å². The summed E-state index contributed by atoms with van der Waals surface area (Å²) in [6.45, 7) is 6.01. The van der Waals surface area contributed by atoms with Crippen molar-refractivity contribution in [3.63, 3.8) is 0 Å². The minimum atomic E-state index is -0.418. The maximum Gasteiger partial charge on any atom is 0.414 e. The lowest BCUT2D eigenvalue weighted by Crippen LogP contribution is -2.53. The van der Waals surface area contributed by atoms with Gasteiger partial charge in [-0.15, -0.1) is 0 Å². The molecular formula is C21H24N4O5. The summed E-state index contributed by atoms with van der Waals surface area (Å²) < 4.78 is 17.8. The number of hydrogen-bond donors (Lipinski definition) is 0. The summed E-state index contributed by atoms with van der Waals surface area (Å²) in [4.78, 5) is 28.5. The normalized spacial score (nSPS) is 21.6. The number of carbonyl (C=O) groups excluding carboxylic acids is 2. The molecule has 0 saturated carbocycles. The van der Waals surface area contributed by atoms with Gasteiger partial charge in [0.05, 0.1) is 56.1 Å². The highest BCUT2D eigenvalue weighted by atomic mass is 16.6. The van der Waals surface area contributed by atoms with Crippen LogP contribution in [-0.2, 0) is 19.0 Å². The summed E-state index contributed by atoms with van der Waals surface area (Å²) in [6.07, 6.45) is 3.16. The zero-order valence-corrected chi connectivity index (χ0v) is 17.0. The Labute approximate surface area is 174 Å². The Kier molecular flexibility index (Phi) is 4.71. The first kappa shape index (κ1) is 19.1. The van der Waals surface area contributed by atoms with E-state index in [1.54, 1.807) is 16.7 Å². The molecule has 158 valence electrons. The fraction of sp³-hybridized carbons (Fsp3) is 0.476. The molecule has 0 bridgehead atoms. The first-order valence-electron chi connectivity index (χ1n) is 10.1. The van der Waals surface area contributed by atoms with Crippen LogP contribution in [0.1, 0.15) is 19.9 Å². The number of benzene rings is 1. The molecule has 2 aromatic rings. The van der Waals surface area contributed by atoms with Gasteiger partial charge in [-0.05, 0) is 24.6 Å². The van der Waals surface area contributed by atoms with Crippen LogP contribution in [0.2, 0.25) is 0 Å². The van der Waals surface area contributed by atoms with Crippen molar-refractivity contribution in [2.24, 2.45) is 0 Å². The largest absolute Gasteiger partial charge is 0.441 e. The molecular weight excluding hydrogens is 388 g/mol. The smallest absolute Gasteiger partial charge is 0.414 e. The van der Waals surface area contributed by atoms with E-state index in [9.17, 15) is 9.59 Å². The van der Waals surface area contributed by atoms with Gasteiger partial charge in [0.25, 0.3) is 0 Å². The standard InChI is InChI=1S/C21H24N4O5/c1-13-7-23(21(27)30-18-11-29-12-18)20-5-15(3-4-19(20)25(13)14(2)26)16-6-22-24(8-16)17-9-28-10-17/h3-6,8,13,17-18H,7,9-12H2,1-2H3/t13-/m0/s1. The third-order valence-corrected chi connectivity index (χ3v) is 5.78. The van der Waals surface area contributed by atoms with Gasteiger partial charge in [-0.1, -0.05) is 6.07 Å². The molecule has 1 aromatic carbocycles. The maximum absolute atomic E-state index is 12.9. The van der Waals surface area contributed by atoms with E-state index in [4.69, 9.17) is 14.2 Å². The van der Waals surface area contributed by atoms with Crippen molar-refractivity contribution in [3.05, 3.63) is 30.6 Å². The second-order valence-electron chi connectivity index (χ2n) is 8.00. The highest BCUT2D eigenvalue weighted by Gasteiger charge is 2.36. The fourth-order valence-electron chi connectivity index (χ4n) is 4.01. The second kappa shape index (κ2) is 7.41. The Morgan fingerprint density at radius 3 is 2.50 bits per heavy atom. The molecule has 0 spiro atoms. The summed E-state index contributed by atoms with van der Waals surface area (Å²) in [5.41, 5.74) is 3.22. The number of amides is 2. The number of ether oxygens (including phenoxy) is 3. The zero-order valence-electron chi connectivity index (χ0n) is 17.0. The number of hydrogen-bond acceptors (Lipinski definition) is 6. The van der Waals surface area contributed by atoms with Crippen molar-refractivity contribution in [3.8, 4) is 11.1 Å². The number of fused-ring (bicyclic) bond motifs is 1. The number of rotatable bonds is 3. The van der Waals surface area contributed by atoms with E-state index in [2.05, 4.69) is 5.10 Å². The summed E-state index contributed by atoms with van der Waals surface area (Å²) in [5.74, 6) is -0.0605. The van der Waals surface area contributed by atoms with Gasteiger partial charge in [-0.2, -0.15) is 5.10 Å². The topological polar surface area (TPSA) is 86.1 Å². The molecule has 3 aliphatic heterocycles. The van der Waals surface area contributed by atoms with Gasteiger partial charge < -0.3 is 19.1 Å². The number of carbonyl (C=O) groups is 2. The zero-order chi connectivity index (χ0) is 20.8. The van der Waals surface area contributed by atoms with Gasteiger partial charge in [-0.25, -0.2) is 4.79 Å². The van der Waals surface area contributed by atoms with E-state index >= 15 is 0 Å². The van der Waals surface area contributed by atoms with E-state index in [1.807, 2.05) is 42.2 Å². The maximum atomic E-state index is 12.9. The quantitative estimate of drug-likeness (QED) is 0.768. The summed E-state index contributed by atoms with van der Waals surface area (Å²) in [5, 5.41) is 4.45. The predicted molar refractivity (Wildman–Crippen MR) is 109 cm³/mol. The molecule has 2 amide bonds. The summed E-state index contributed by atoms with van der Waals surface area (Å²) in [7, 11) is 0. The van der Waals surface area contributed by atoms with Crippen LogP contribution in [0.25, 0.3) is 11.1 Å². The molecule has 0 N–H and O–H groups in total. The van der Waals surface area contributed by atoms with Crippen LogP contribution in [0.15, 0.2) is 30.6 Å². The lowest BCUT2D eigenvalue weighted by atomic mass is 10.0. The Hall–Kier alpha value is -2.91. The Balaban J connectivity index is 1.50. The summed E-state index contributed by atoms with van der Waals surface area (Å²) >= 11 is 0. The molecule has 1 aromatic heterocycles. The molecule has 2 fully saturated rings. The van der Waals surface area contributed by atoms with Crippen LogP contribution in [0.3, 0.4) is 0 Å². The molecule has 2 saturated heterocycles. The van der Waals surface area contributed by atoms with Crippen LogP contribution in [0.5, 0.6) is 0 Å². The van der Waals surface area contributed by atoms with Gasteiger partial charge in [0.2, 0.25) is 5.91 Å². The SMILES string of the molecule is CC(=O)N1c2ccc(-c3cnn(C4COC4)c3)cc2N(C(=O)OC2COC2)C[C@@H]1C. The van der Waals surface area contributed by atoms with Crippen LogP contribution in [0.4, 0.5) is 16.2 Å². The Morgan fingerprint density at radius 1 is 1.10 bits per heavy atom. The average Bonchev–Trinajstić information content (AvgIpc) is 3.11. The van der Waals surface area contributed by atoms with Crippen LogP contribution >= 0.6 is 0 Å². The Morgan fingerprint density at radius 2 is 1.87 bits per heavy atom. The van der Waals surface area contributed by atoms with Crippen molar-refractivity contribution in [2.45, 2.75) is 32.0 Å². The van der Waals surface area contributed by atoms with E-state index in [1.165, 1.54) is 0 Å². The molecule has 5 rings (SSSR count). The monoisotopic (exact) mass is 412 g/mol. The number of anilines is 2. The van der Waals surface area contributed by atoms with E-state index in [0.717, 1.165) is 11.1 Å². The van der Waals surface area contributed by atoms with Gasteiger partial charge in [0, 0.05) is 25.2 Å². The van der Waals surface area contributed by atoms with Crippen LogP contribution in [-0.4, -0.2) is 66.9 Å². The molecule has 9 heteroatoms. The third-order valence-electron chi connectivity index (χ3n) is 5.78. The molecule has 9 nitrogen and oxygen atoms in total. The van der Waals surface area contributed by atoms with Crippen molar-refractivity contribution in [1.29, 1.82) is 0 Å². The second-order valence-corrected chi connectivity index (χ2v) is 8.00. The van der Waals surface area contributed by atoms with Gasteiger partial charge in [-0.3, -0.25) is 14.4 Å². The molecule has 3 aliphatic rings. The van der Waals surface area contributed by atoms with Gasteiger partial charge in [0.15, 0.2) is 6.10 Å². The van der Waals surface area contributed by atoms with Crippen molar-refractivity contribution in [1.82, 2.24) is 9.78 Å². The van der Waals surface area contributed by atoms with Gasteiger partial charge >= 0.3 is 6.09 Å². The van der Waals surface area contributed by atoms with Gasteiger partial charge in [0.1, 0.15) is 0 Å². The molecule has 30 heavy (non-hydrogen) atoms. The predicted octanol–water partition coefficient (Wildman–Crippen LogP) is 2.22. The molecule has 0 unspecified atom stereocenters. The lowest BCUT2D eigenvalue weighted by molar-refractivity contribution is -0.117. The first-order valence-corrected chi connectivity index (χ1v) is 10.1. The highest BCUT2D eigenvalue weighted by molar-refractivity contribution is 6.03. The third kappa shape index (κ3) is 3.23. The summed E-state index contributed by atoms with van der Waals surface area (Å²) in [6, 6.07) is 5.87. The van der Waals surface area contributed by atoms with Crippen molar-refractivity contribution < 1.29 is 23.8 Å². The van der Waals surface area contributed by atoms with E-state index in [0.29, 0.717) is 44.3 Å². The molecule has 4 heterocycles. The van der Waals surface area contributed by atoms with Crippen molar-refractivity contribution in [2.75, 3.05) is 42.8 Å². The van der Waals surface area contributed by atoms with Crippen LogP contribution < -0.4 is 9.80 Å². The molecule has 0 aliphatic carbocycles. The van der Waals surface area contributed by atoms with Crippen molar-refractivity contribution >= 4 is 23.4 Å². The number of nitrogens with zero attached hydrogens (tertiary/aromatic N) is 4. The fourth-order valence-corrected chi connectivity index (χ4v) is 4.01. The molecule has 1 atom stereocenters. The number of aromatic nitrogens is 2.